The van der Waals surface area contributed by atoms with Crippen molar-refractivity contribution >= 4 is 39.3 Å². The second-order valence-corrected chi connectivity index (χ2v) is 6.92. The van der Waals surface area contributed by atoms with Gasteiger partial charge in [-0.3, -0.25) is 4.79 Å². The molecule has 4 aromatic rings. The molecule has 0 aliphatic carbocycles. The summed E-state index contributed by atoms with van der Waals surface area (Å²) in [4.78, 5) is 12.0. The van der Waals surface area contributed by atoms with Gasteiger partial charge in [-0.1, -0.05) is 48.9 Å². The lowest BCUT2D eigenvalue weighted by Crippen LogP contribution is -2.11. The van der Waals surface area contributed by atoms with Gasteiger partial charge in [0.2, 0.25) is 5.91 Å². The number of hydrogen-bond donors (Lipinski definition) is 1. The fraction of sp³-hybridized carbons (Fsp3) is 0.136. The number of carbonyl (C=O) groups is 1. The predicted octanol–water partition coefficient (Wildman–Crippen LogP) is 5.16. The van der Waals surface area contributed by atoms with Gasteiger partial charge in [-0.2, -0.15) is 0 Å². The van der Waals surface area contributed by atoms with E-state index in [4.69, 9.17) is 17.3 Å². The number of aryl methyl sites for hydroxylation is 1. The Kier molecular flexibility index (Phi) is 4.17. The zero-order chi connectivity index (χ0) is 18.3. The van der Waals surface area contributed by atoms with Gasteiger partial charge in [0.25, 0.3) is 0 Å². The third-order valence-corrected chi connectivity index (χ3v) is 5.09. The number of rotatable bonds is 4. The van der Waals surface area contributed by atoms with Gasteiger partial charge in [-0.15, -0.1) is 0 Å². The van der Waals surface area contributed by atoms with Gasteiger partial charge < -0.3 is 10.3 Å². The molecule has 2 N–H and O–H groups in total. The molecule has 0 fully saturated rings. The number of hydrogen-bond acceptors (Lipinski definition) is 1. The number of amides is 1. The summed E-state index contributed by atoms with van der Waals surface area (Å²) in [6, 6.07) is 20.0. The first-order valence-corrected chi connectivity index (χ1v) is 9.04. The maximum atomic E-state index is 12.0. The maximum Gasteiger partial charge on any atom is 0.249 e. The Morgan fingerprint density at radius 1 is 1.00 bits per heavy atom. The van der Waals surface area contributed by atoms with E-state index in [1.807, 2.05) is 30.3 Å². The minimum absolute atomic E-state index is 0.406. The molecule has 1 amide bonds. The van der Waals surface area contributed by atoms with Crippen LogP contribution in [0.15, 0.2) is 60.7 Å². The third kappa shape index (κ3) is 2.74. The second kappa shape index (κ2) is 6.50. The number of aromatic nitrogens is 1. The minimum Gasteiger partial charge on any atom is -0.366 e. The van der Waals surface area contributed by atoms with Crippen molar-refractivity contribution < 1.29 is 4.79 Å². The Labute approximate surface area is 157 Å². The molecule has 3 nitrogen and oxygen atoms in total. The molecular formula is C22H19ClN2O. The topological polar surface area (TPSA) is 48.0 Å². The highest BCUT2D eigenvalue weighted by Crippen LogP contribution is 2.33. The molecule has 0 aliphatic rings. The largest absolute Gasteiger partial charge is 0.366 e. The van der Waals surface area contributed by atoms with Crippen LogP contribution in [-0.4, -0.2) is 10.5 Å². The van der Waals surface area contributed by atoms with E-state index >= 15 is 0 Å². The number of halogens is 1. The first kappa shape index (κ1) is 16.7. The van der Waals surface area contributed by atoms with Crippen molar-refractivity contribution in [3.63, 3.8) is 0 Å². The molecule has 26 heavy (non-hydrogen) atoms. The lowest BCUT2D eigenvalue weighted by atomic mass is 10.0. The minimum atomic E-state index is -0.406. The predicted molar refractivity (Wildman–Crippen MR) is 108 cm³/mol. The highest BCUT2D eigenvalue weighted by molar-refractivity contribution is 6.30. The number of primary amides is 1. The first-order chi connectivity index (χ1) is 12.6. The van der Waals surface area contributed by atoms with Gasteiger partial charge in [0, 0.05) is 33.4 Å². The Morgan fingerprint density at radius 3 is 2.54 bits per heavy atom. The smallest absolute Gasteiger partial charge is 0.249 e. The molecule has 0 atom stereocenters. The van der Waals surface area contributed by atoms with E-state index < -0.39 is 5.91 Å². The molecule has 0 saturated heterocycles. The van der Waals surface area contributed by atoms with Gasteiger partial charge in [-0.05, 0) is 47.9 Å². The molecular weight excluding hydrogens is 344 g/mol. The van der Waals surface area contributed by atoms with E-state index in [9.17, 15) is 4.79 Å². The lowest BCUT2D eigenvalue weighted by molar-refractivity contribution is 0.100. The quantitative estimate of drug-likeness (QED) is 0.535. The summed E-state index contributed by atoms with van der Waals surface area (Å²) in [6.45, 7) is 2.82. The summed E-state index contributed by atoms with van der Waals surface area (Å²) in [6.07, 6.45) is 0.956. The Bertz CT molecular complexity index is 1140. The molecule has 0 bridgehead atoms. The Balaban J connectivity index is 2.05. The first-order valence-electron chi connectivity index (χ1n) is 8.66. The summed E-state index contributed by atoms with van der Waals surface area (Å²) < 4.78 is 2.24. The number of carbonyl (C=O) groups excluding carboxylic acids is 1. The summed E-state index contributed by atoms with van der Waals surface area (Å²) in [5, 5.41) is 2.68. The normalized spacial score (nSPS) is 11.3. The zero-order valence-electron chi connectivity index (χ0n) is 14.5. The Hall–Kier alpha value is -2.78. The van der Waals surface area contributed by atoms with Gasteiger partial charge in [-0.25, -0.2) is 0 Å². The number of nitrogens with two attached hydrogens (primary N) is 1. The summed E-state index contributed by atoms with van der Waals surface area (Å²) in [5.41, 5.74) is 10.7. The van der Waals surface area contributed by atoms with Gasteiger partial charge >= 0.3 is 0 Å². The lowest BCUT2D eigenvalue weighted by Gasteiger charge is -2.09. The van der Waals surface area contributed by atoms with Crippen LogP contribution in [0.3, 0.4) is 0 Å². The van der Waals surface area contributed by atoms with Gasteiger partial charge in [0.05, 0.1) is 5.52 Å². The molecule has 0 saturated carbocycles. The summed E-state index contributed by atoms with van der Waals surface area (Å²) in [5.74, 6) is -0.406. The van der Waals surface area contributed by atoms with Crippen molar-refractivity contribution in [2.45, 2.75) is 19.9 Å². The average molecular weight is 363 g/mol. The average Bonchev–Trinajstić information content (AvgIpc) is 2.95. The van der Waals surface area contributed by atoms with Crippen LogP contribution in [0.2, 0.25) is 5.02 Å². The van der Waals surface area contributed by atoms with Crippen LogP contribution in [0.25, 0.3) is 21.8 Å². The molecule has 0 spiro atoms. The Morgan fingerprint density at radius 2 is 1.81 bits per heavy atom. The molecule has 130 valence electrons. The zero-order valence-corrected chi connectivity index (χ0v) is 15.3. The van der Waals surface area contributed by atoms with Crippen molar-refractivity contribution in [2.24, 2.45) is 5.73 Å². The third-order valence-electron chi connectivity index (χ3n) is 4.86. The van der Waals surface area contributed by atoms with Crippen molar-refractivity contribution in [3.05, 3.63) is 82.4 Å². The van der Waals surface area contributed by atoms with Crippen LogP contribution in [0.5, 0.6) is 0 Å². The van der Waals surface area contributed by atoms with E-state index in [-0.39, 0.29) is 0 Å². The number of benzene rings is 3. The highest BCUT2D eigenvalue weighted by Gasteiger charge is 2.16. The summed E-state index contributed by atoms with van der Waals surface area (Å²) in [7, 11) is 0. The van der Waals surface area contributed by atoms with E-state index in [2.05, 4.69) is 35.8 Å². The molecule has 4 rings (SSSR count). The number of fused-ring (bicyclic) bond motifs is 3. The van der Waals surface area contributed by atoms with Crippen LogP contribution in [0.1, 0.15) is 28.4 Å². The molecule has 1 heterocycles. The molecule has 0 aliphatic heterocycles. The number of nitrogens with zero attached hydrogens (tertiary/aromatic N) is 1. The maximum absolute atomic E-state index is 12.0. The molecule has 4 heteroatoms. The van der Waals surface area contributed by atoms with E-state index in [1.54, 1.807) is 6.07 Å². The van der Waals surface area contributed by atoms with Gasteiger partial charge in [0.1, 0.15) is 0 Å². The fourth-order valence-corrected chi connectivity index (χ4v) is 3.82. The van der Waals surface area contributed by atoms with Crippen LogP contribution >= 0.6 is 11.6 Å². The van der Waals surface area contributed by atoms with Gasteiger partial charge in [0.15, 0.2) is 0 Å². The second-order valence-electron chi connectivity index (χ2n) is 6.49. The standard InChI is InChI=1S/C22H19ClN2O/c1-2-14-9-10-17-20(12-14)25(13-15-5-3-6-16(23)11-15)19-8-4-7-18(21(17)19)22(24)26/h3-12H,2,13H2,1H3,(H2,24,26). The van der Waals surface area contributed by atoms with Crippen LogP contribution in [-0.2, 0) is 13.0 Å². The van der Waals surface area contributed by atoms with Crippen molar-refractivity contribution in [3.8, 4) is 0 Å². The van der Waals surface area contributed by atoms with Crippen molar-refractivity contribution in [2.75, 3.05) is 0 Å². The van der Waals surface area contributed by atoms with E-state index in [1.165, 1.54) is 5.56 Å². The van der Waals surface area contributed by atoms with E-state index in [0.717, 1.165) is 38.8 Å². The summed E-state index contributed by atoms with van der Waals surface area (Å²) >= 11 is 6.17. The molecule has 1 aromatic heterocycles. The molecule has 3 aromatic carbocycles. The highest BCUT2D eigenvalue weighted by atomic mass is 35.5. The monoisotopic (exact) mass is 362 g/mol. The van der Waals surface area contributed by atoms with E-state index in [0.29, 0.717) is 12.1 Å². The molecule has 0 unspecified atom stereocenters. The van der Waals surface area contributed by atoms with Crippen molar-refractivity contribution in [1.82, 2.24) is 4.57 Å². The van der Waals surface area contributed by atoms with Crippen molar-refractivity contribution in [1.29, 1.82) is 0 Å². The fourth-order valence-electron chi connectivity index (χ4n) is 3.60. The SMILES string of the molecule is CCc1ccc2c3c(C(N)=O)cccc3n(Cc3cccc(Cl)c3)c2c1. The van der Waals surface area contributed by atoms with Crippen LogP contribution in [0.4, 0.5) is 0 Å². The van der Waals surface area contributed by atoms with Crippen LogP contribution in [0, 0.1) is 0 Å². The van der Waals surface area contributed by atoms with Crippen LogP contribution < -0.4 is 5.73 Å². The molecule has 0 radical (unpaired) electrons.